The summed E-state index contributed by atoms with van der Waals surface area (Å²) in [5, 5.41) is 10.1. The molecule has 0 aliphatic rings. The fraction of sp³-hybridized carbons (Fsp3) is 0.529. The molecular weight excluding hydrogens is 320 g/mol. The van der Waals surface area contributed by atoms with Crippen LogP contribution in [0.5, 0.6) is 5.75 Å². The third kappa shape index (κ3) is 6.59. The van der Waals surface area contributed by atoms with Crippen LogP contribution < -0.4 is 4.74 Å². The first kappa shape index (κ1) is 19.5. The second-order valence-corrected chi connectivity index (χ2v) is 5.76. The fourth-order valence-electron chi connectivity index (χ4n) is 2.08. The number of aliphatic hydroxyl groups is 1. The van der Waals surface area contributed by atoms with Gasteiger partial charge in [-0.1, -0.05) is 13.3 Å². The van der Waals surface area contributed by atoms with E-state index in [1.54, 1.807) is 24.3 Å². The highest BCUT2D eigenvalue weighted by Crippen LogP contribution is 2.20. The molecule has 1 unspecified atom stereocenters. The Bertz CT molecular complexity index is 510. The van der Waals surface area contributed by atoms with E-state index in [2.05, 4.69) is 0 Å². The number of Topliss-reactive ketones (excluding diaryl/α,β-unsaturated/α-hetero) is 1. The van der Waals surface area contributed by atoms with Gasteiger partial charge in [0.25, 0.3) is 0 Å². The highest BCUT2D eigenvalue weighted by molar-refractivity contribution is 6.18. The number of benzene rings is 1. The molecule has 23 heavy (non-hydrogen) atoms. The summed E-state index contributed by atoms with van der Waals surface area (Å²) in [6.07, 6.45) is 1.32. The van der Waals surface area contributed by atoms with Gasteiger partial charge in [0.2, 0.25) is 0 Å². The molecule has 0 amide bonds. The zero-order chi connectivity index (χ0) is 17.3. The number of rotatable bonds is 10. The molecule has 0 saturated heterocycles. The summed E-state index contributed by atoms with van der Waals surface area (Å²) >= 11 is 5.42. The SMILES string of the molecule is CCCC(C)(O)C(=O)c1ccc(OCCOC(=O)CCCl)cc1. The Morgan fingerprint density at radius 2 is 1.87 bits per heavy atom. The number of hydrogen-bond donors (Lipinski definition) is 1. The number of ether oxygens (including phenoxy) is 2. The van der Waals surface area contributed by atoms with Crippen LogP contribution in [0.1, 0.15) is 43.5 Å². The molecule has 0 saturated carbocycles. The van der Waals surface area contributed by atoms with Crippen molar-refractivity contribution in [2.45, 2.75) is 38.7 Å². The number of carbonyl (C=O) groups is 2. The molecule has 128 valence electrons. The molecule has 0 aliphatic carbocycles. The van der Waals surface area contributed by atoms with Crippen molar-refractivity contribution in [1.82, 2.24) is 0 Å². The van der Waals surface area contributed by atoms with E-state index < -0.39 is 5.60 Å². The van der Waals surface area contributed by atoms with Crippen LogP contribution in [0.3, 0.4) is 0 Å². The summed E-state index contributed by atoms with van der Waals surface area (Å²) in [6, 6.07) is 6.52. The van der Waals surface area contributed by atoms with Crippen molar-refractivity contribution < 1.29 is 24.2 Å². The van der Waals surface area contributed by atoms with E-state index >= 15 is 0 Å². The summed E-state index contributed by atoms with van der Waals surface area (Å²) in [6.45, 7) is 3.80. The molecule has 1 N–H and O–H groups in total. The Morgan fingerprint density at radius 1 is 1.22 bits per heavy atom. The van der Waals surface area contributed by atoms with Gasteiger partial charge in [0.1, 0.15) is 24.6 Å². The molecule has 0 fully saturated rings. The molecule has 1 rings (SSSR count). The van der Waals surface area contributed by atoms with Crippen molar-refractivity contribution in [3.8, 4) is 5.75 Å². The van der Waals surface area contributed by atoms with E-state index in [0.29, 0.717) is 17.7 Å². The first-order chi connectivity index (χ1) is 10.9. The van der Waals surface area contributed by atoms with Crippen molar-refractivity contribution in [3.63, 3.8) is 0 Å². The van der Waals surface area contributed by atoms with Crippen LogP contribution in [-0.2, 0) is 9.53 Å². The van der Waals surface area contributed by atoms with Gasteiger partial charge in [0.05, 0.1) is 6.42 Å². The van der Waals surface area contributed by atoms with Crippen LogP contribution in [0, 0.1) is 0 Å². The summed E-state index contributed by atoms with van der Waals surface area (Å²) in [7, 11) is 0. The Balaban J connectivity index is 2.47. The van der Waals surface area contributed by atoms with Crippen molar-refractivity contribution in [3.05, 3.63) is 29.8 Å². The zero-order valence-corrected chi connectivity index (χ0v) is 14.3. The summed E-state index contributed by atoms with van der Waals surface area (Å²) < 4.78 is 10.3. The van der Waals surface area contributed by atoms with Gasteiger partial charge >= 0.3 is 5.97 Å². The predicted molar refractivity (Wildman–Crippen MR) is 88.1 cm³/mol. The normalized spacial score (nSPS) is 13.2. The van der Waals surface area contributed by atoms with Crippen LogP contribution in [0.4, 0.5) is 0 Å². The third-order valence-electron chi connectivity index (χ3n) is 3.26. The summed E-state index contributed by atoms with van der Waals surface area (Å²) in [5.74, 6) is 0.130. The van der Waals surface area contributed by atoms with Crippen LogP contribution >= 0.6 is 11.6 Å². The van der Waals surface area contributed by atoms with E-state index in [4.69, 9.17) is 21.1 Å². The van der Waals surface area contributed by atoms with Crippen LogP contribution in [0.15, 0.2) is 24.3 Å². The zero-order valence-electron chi connectivity index (χ0n) is 13.5. The van der Waals surface area contributed by atoms with Gasteiger partial charge in [0.15, 0.2) is 5.78 Å². The first-order valence-electron chi connectivity index (χ1n) is 7.62. The summed E-state index contributed by atoms with van der Waals surface area (Å²) in [5.41, 5.74) is -0.919. The lowest BCUT2D eigenvalue weighted by atomic mass is 9.91. The lowest BCUT2D eigenvalue weighted by Crippen LogP contribution is -2.34. The fourth-order valence-corrected chi connectivity index (χ4v) is 2.23. The van der Waals surface area contributed by atoms with E-state index in [9.17, 15) is 14.7 Å². The Morgan fingerprint density at radius 3 is 2.43 bits per heavy atom. The smallest absolute Gasteiger partial charge is 0.307 e. The van der Waals surface area contributed by atoms with Crippen molar-refractivity contribution in [2.75, 3.05) is 19.1 Å². The molecule has 1 atom stereocenters. The van der Waals surface area contributed by atoms with Crippen LogP contribution in [-0.4, -0.2) is 41.6 Å². The minimum atomic E-state index is -1.35. The minimum Gasteiger partial charge on any atom is -0.490 e. The van der Waals surface area contributed by atoms with Gasteiger partial charge in [-0.2, -0.15) is 0 Å². The van der Waals surface area contributed by atoms with Crippen LogP contribution in [0.25, 0.3) is 0 Å². The topological polar surface area (TPSA) is 72.8 Å². The first-order valence-corrected chi connectivity index (χ1v) is 8.15. The van der Waals surface area contributed by atoms with Crippen molar-refractivity contribution in [1.29, 1.82) is 0 Å². The van der Waals surface area contributed by atoms with Crippen molar-refractivity contribution in [2.24, 2.45) is 0 Å². The van der Waals surface area contributed by atoms with E-state index in [-0.39, 0.29) is 37.3 Å². The lowest BCUT2D eigenvalue weighted by molar-refractivity contribution is -0.143. The largest absolute Gasteiger partial charge is 0.490 e. The van der Waals surface area contributed by atoms with Gasteiger partial charge in [-0.15, -0.1) is 11.6 Å². The van der Waals surface area contributed by atoms with Gasteiger partial charge < -0.3 is 14.6 Å². The molecule has 0 spiro atoms. The van der Waals surface area contributed by atoms with Gasteiger partial charge in [-0.25, -0.2) is 0 Å². The Labute approximate surface area is 141 Å². The molecule has 5 nitrogen and oxygen atoms in total. The highest BCUT2D eigenvalue weighted by Gasteiger charge is 2.29. The number of esters is 1. The number of halogens is 1. The molecule has 0 radical (unpaired) electrons. The number of hydrogen-bond acceptors (Lipinski definition) is 5. The lowest BCUT2D eigenvalue weighted by Gasteiger charge is -2.21. The Hall–Kier alpha value is -1.59. The van der Waals surface area contributed by atoms with Gasteiger partial charge in [-0.3, -0.25) is 9.59 Å². The molecule has 0 bridgehead atoms. The minimum absolute atomic E-state index is 0.140. The van der Waals surface area contributed by atoms with Crippen molar-refractivity contribution >= 4 is 23.4 Å². The second-order valence-electron chi connectivity index (χ2n) is 5.39. The number of alkyl halides is 1. The molecular formula is C17H23ClO5. The van der Waals surface area contributed by atoms with Gasteiger partial charge in [-0.05, 0) is 37.6 Å². The van der Waals surface area contributed by atoms with E-state index in [1.807, 2.05) is 6.92 Å². The van der Waals surface area contributed by atoms with Crippen LogP contribution in [0.2, 0.25) is 0 Å². The molecule has 1 aromatic carbocycles. The predicted octanol–water partition coefficient (Wildman–Crippen LogP) is 2.97. The quantitative estimate of drug-likeness (QED) is 0.306. The highest BCUT2D eigenvalue weighted by atomic mass is 35.5. The molecule has 6 heteroatoms. The maximum Gasteiger partial charge on any atom is 0.307 e. The molecule has 0 aliphatic heterocycles. The Kier molecular flexibility index (Phi) is 8.06. The molecule has 1 aromatic rings. The average Bonchev–Trinajstić information content (AvgIpc) is 2.52. The standard InChI is InChI=1S/C17H23ClO5/c1-3-9-17(2,21)16(20)13-4-6-14(7-5-13)22-11-12-23-15(19)8-10-18/h4-7,21H,3,8-12H2,1-2H3. The summed E-state index contributed by atoms with van der Waals surface area (Å²) in [4.78, 5) is 23.3. The second kappa shape index (κ2) is 9.53. The molecule has 0 aromatic heterocycles. The number of ketones is 1. The van der Waals surface area contributed by atoms with Gasteiger partial charge in [0, 0.05) is 11.4 Å². The maximum atomic E-state index is 12.2. The average molecular weight is 343 g/mol. The molecule has 0 heterocycles. The number of carbonyl (C=O) groups excluding carboxylic acids is 2. The third-order valence-corrected chi connectivity index (χ3v) is 3.45. The van der Waals surface area contributed by atoms with E-state index in [0.717, 1.165) is 6.42 Å². The monoisotopic (exact) mass is 342 g/mol. The maximum absolute atomic E-state index is 12.2. The van der Waals surface area contributed by atoms with E-state index in [1.165, 1.54) is 6.92 Å².